The van der Waals surface area contributed by atoms with Crippen molar-refractivity contribution in [2.24, 2.45) is 0 Å². The molecule has 0 amide bonds. The second kappa shape index (κ2) is 7.64. The number of aromatic nitrogens is 7. The number of H-pyrrole nitrogens is 2. The van der Waals surface area contributed by atoms with E-state index in [2.05, 4.69) is 47.2 Å². The van der Waals surface area contributed by atoms with Crippen LogP contribution in [0.25, 0.3) is 56.0 Å². The van der Waals surface area contributed by atoms with E-state index in [-0.39, 0.29) is 0 Å². The summed E-state index contributed by atoms with van der Waals surface area (Å²) in [6.45, 7) is 0.818. The number of nitrogens with zero attached hydrogens (tertiary/aromatic N) is 6. The fourth-order valence-electron chi connectivity index (χ4n) is 4.01. The molecule has 0 aliphatic carbocycles. The molecule has 0 unspecified atom stereocenters. The molecule has 6 aromatic rings. The molecule has 0 fully saturated rings. The molecule has 33 heavy (non-hydrogen) atoms. The Morgan fingerprint density at radius 3 is 2.73 bits per heavy atom. The minimum Gasteiger partial charge on any atom is -0.472 e. The molecular formula is C24H20N8O. The zero-order valence-electron chi connectivity index (χ0n) is 18.1. The van der Waals surface area contributed by atoms with Crippen molar-refractivity contribution >= 4 is 22.2 Å². The van der Waals surface area contributed by atoms with E-state index in [1.807, 2.05) is 44.8 Å². The molecule has 9 heteroatoms. The maximum atomic E-state index is 5.25. The van der Waals surface area contributed by atoms with E-state index in [0.29, 0.717) is 22.8 Å². The molecule has 0 aliphatic rings. The first-order chi connectivity index (χ1) is 16.2. The molecule has 9 nitrogen and oxygen atoms in total. The summed E-state index contributed by atoms with van der Waals surface area (Å²) < 4.78 is 5.25. The lowest BCUT2D eigenvalue weighted by Crippen LogP contribution is -2.10. The van der Waals surface area contributed by atoms with Gasteiger partial charge in [0.15, 0.2) is 17.1 Å². The van der Waals surface area contributed by atoms with Crippen LogP contribution in [-0.2, 0) is 6.54 Å². The molecule has 162 valence electrons. The Morgan fingerprint density at radius 1 is 0.970 bits per heavy atom. The molecule has 6 aromatic heterocycles. The highest BCUT2D eigenvalue weighted by atomic mass is 16.3. The molecule has 0 saturated carbocycles. The fraction of sp³-hybridized carbons (Fsp3) is 0.125. The van der Waals surface area contributed by atoms with Gasteiger partial charge in [-0.25, -0.2) is 15.0 Å². The highest BCUT2D eigenvalue weighted by Crippen LogP contribution is 2.32. The van der Waals surface area contributed by atoms with Crippen LogP contribution < -0.4 is 0 Å². The van der Waals surface area contributed by atoms with E-state index in [4.69, 9.17) is 9.40 Å². The minimum atomic E-state index is 0.623. The SMILES string of the molecule is CN(C)Cc1cncc(-c2cnc3[nH]nc(-c4nc5c(-c6ccoc6)ccnc5[nH]4)c3c2)c1. The summed E-state index contributed by atoms with van der Waals surface area (Å²) in [5, 5.41) is 8.38. The Kier molecular flexibility index (Phi) is 4.48. The van der Waals surface area contributed by atoms with Gasteiger partial charge in [-0.1, -0.05) is 0 Å². The van der Waals surface area contributed by atoms with Gasteiger partial charge in [-0.05, 0) is 43.9 Å². The van der Waals surface area contributed by atoms with Crippen LogP contribution in [-0.4, -0.2) is 54.1 Å². The molecule has 0 aliphatic heterocycles. The van der Waals surface area contributed by atoms with Crippen molar-refractivity contribution in [1.82, 2.24) is 40.0 Å². The largest absolute Gasteiger partial charge is 0.472 e. The van der Waals surface area contributed by atoms with Crippen molar-refractivity contribution in [2.45, 2.75) is 6.54 Å². The standard InChI is InChI=1S/C24H20N8O/c1-32(2)12-14-7-16(10-25-9-14)17-8-19-21(30-31-22(19)27-11-17)24-28-20-18(15-4-6-33-13-15)3-5-26-23(20)29-24/h3-11,13H,12H2,1-2H3,(H,26,28,29)(H,27,30,31). The average Bonchev–Trinajstić information content (AvgIpc) is 3.57. The van der Waals surface area contributed by atoms with Gasteiger partial charge in [-0.3, -0.25) is 10.1 Å². The predicted molar refractivity (Wildman–Crippen MR) is 125 cm³/mol. The van der Waals surface area contributed by atoms with E-state index in [0.717, 1.165) is 45.3 Å². The van der Waals surface area contributed by atoms with Crippen molar-refractivity contribution in [3.05, 3.63) is 67.1 Å². The van der Waals surface area contributed by atoms with E-state index in [9.17, 15) is 0 Å². The number of hydrogen-bond donors (Lipinski definition) is 2. The van der Waals surface area contributed by atoms with Gasteiger partial charge in [0.25, 0.3) is 0 Å². The van der Waals surface area contributed by atoms with E-state index in [1.54, 1.807) is 18.7 Å². The van der Waals surface area contributed by atoms with Crippen LogP contribution in [0.3, 0.4) is 0 Å². The third-order valence-electron chi connectivity index (χ3n) is 5.48. The second-order valence-corrected chi connectivity index (χ2v) is 8.17. The number of hydrogen-bond acceptors (Lipinski definition) is 7. The molecule has 0 spiro atoms. The van der Waals surface area contributed by atoms with Gasteiger partial charge in [0.05, 0.1) is 17.9 Å². The molecule has 0 aromatic carbocycles. The third-order valence-corrected chi connectivity index (χ3v) is 5.48. The monoisotopic (exact) mass is 436 g/mol. The lowest BCUT2D eigenvalue weighted by atomic mass is 10.1. The first-order valence-corrected chi connectivity index (χ1v) is 10.5. The molecule has 0 radical (unpaired) electrons. The average molecular weight is 436 g/mol. The number of nitrogens with one attached hydrogen (secondary N) is 2. The van der Waals surface area contributed by atoms with Gasteiger partial charge in [0, 0.05) is 53.6 Å². The Labute approximate surface area is 188 Å². The van der Waals surface area contributed by atoms with E-state index >= 15 is 0 Å². The smallest absolute Gasteiger partial charge is 0.161 e. The summed E-state index contributed by atoms with van der Waals surface area (Å²) in [5.41, 5.74) is 7.82. The first-order valence-electron chi connectivity index (χ1n) is 10.5. The highest BCUT2D eigenvalue weighted by Gasteiger charge is 2.17. The lowest BCUT2D eigenvalue weighted by molar-refractivity contribution is 0.402. The quantitative estimate of drug-likeness (QED) is 0.415. The molecule has 2 N–H and O–H groups in total. The van der Waals surface area contributed by atoms with Crippen LogP contribution in [0.2, 0.25) is 0 Å². The summed E-state index contributed by atoms with van der Waals surface area (Å²) in [7, 11) is 4.08. The molecule has 6 rings (SSSR count). The normalized spacial score (nSPS) is 11.7. The Morgan fingerprint density at radius 2 is 1.88 bits per heavy atom. The Balaban J connectivity index is 1.45. The van der Waals surface area contributed by atoms with Gasteiger partial charge in [0.2, 0.25) is 0 Å². The summed E-state index contributed by atoms with van der Waals surface area (Å²) in [6, 6.07) is 8.03. The molecule has 0 bridgehead atoms. The number of imidazole rings is 1. The summed E-state index contributed by atoms with van der Waals surface area (Å²) >= 11 is 0. The maximum Gasteiger partial charge on any atom is 0.161 e. The van der Waals surface area contributed by atoms with Gasteiger partial charge in [0.1, 0.15) is 11.2 Å². The predicted octanol–water partition coefficient (Wildman–Crippen LogP) is 4.28. The number of aromatic amines is 2. The first kappa shape index (κ1) is 19.3. The van der Waals surface area contributed by atoms with E-state index < -0.39 is 0 Å². The van der Waals surface area contributed by atoms with Gasteiger partial charge in [-0.2, -0.15) is 5.10 Å². The Hall–Kier alpha value is -4.37. The van der Waals surface area contributed by atoms with Crippen LogP contribution in [0, 0.1) is 0 Å². The molecule has 6 heterocycles. The minimum absolute atomic E-state index is 0.623. The fourth-order valence-corrected chi connectivity index (χ4v) is 4.01. The Bertz CT molecular complexity index is 1580. The molecular weight excluding hydrogens is 416 g/mol. The topological polar surface area (TPSA) is 112 Å². The summed E-state index contributed by atoms with van der Waals surface area (Å²) in [6.07, 6.45) is 10.7. The van der Waals surface area contributed by atoms with Gasteiger partial charge >= 0.3 is 0 Å². The zero-order valence-corrected chi connectivity index (χ0v) is 18.1. The van der Waals surface area contributed by atoms with Crippen molar-refractivity contribution in [3.63, 3.8) is 0 Å². The van der Waals surface area contributed by atoms with Crippen LogP contribution in [0.1, 0.15) is 5.56 Å². The van der Waals surface area contributed by atoms with Gasteiger partial charge in [-0.15, -0.1) is 0 Å². The number of rotatable bonds is 5. The van der Waals surface area contributed by atoms with Crippen molar-refractivity contribution in [1.29, 1.82) is 0 Å². The number of furan rings is 1. The van der Waals surface area contributed by atoms with Crippen LogP contribution >= 0.6 is 0 Å². The van der Waals surface area contributed by atoms with Crippen molar-refractivity contribution < 1.29 is 4.42 Å². The van der Waals surface area contributed by atoms with Crippen LogP contribution in [0.15, 0.2) is 66.0 Å². The molecule has 0 atom stereocenters. The van der Waals surface area contributed by atoms with Crippen molar-refractivity contribution in [2.75, 3.05) is 14.1 Å². The van der Waals surface area contributed by atoms with Crippen LogP contribution in [0.5, 0.6) is 0 Å². The maximum absolute atomic E-state index is 5.25. The molecule has 0 saturated heterocycles. The summed E-state index contributed by atoms with van der Waals surface area (Å²) in [4.78, 5) is 23.7. The lowest BCUT2D eigenvalue weighted by Gasteiger charge is -2.10. The van der Waals surface area contributed by atoms with E-state index in [1.165, 1.54) is 0 Å². The highest BCUT2D eigenvalue weighted by molar-refractivity contribution is 5.95. The van der Waals surface area contributed by atoms with Crippen molar-refractivity contribution in [3.8, 4) is 33.8 Å². The number of pyridine rings is 3. The second-order valence-electron chi connectivity index (χ2n) is 8.17. The van der Waals surface area contributed by atoms with Gasteiger partial charge < -0.3 is 14.3 Å². The van der Waals surface area contributed by atoms with Crippen LogP contribution in [0.4, 0.5) is 0 Å². The third kappa shape index (κ3) is 3.44. The number of fused-ring (bicyclic) bond motifs is 2. The zero-order chi connectivity index (χ0) is 22.4. The summed E-state index contributed by atoms with van der Waals surface area (Å²) in [5.74, 6) is 0.623.